The SMILES string of the molecule is COc1cc(C(=O)NCc2c(C)nn(Cc3ccccc3)c2C)cc(OC)c1OCc1ccccc1. The zero-order valence-corrected chi connectivity index (χ0v) is 21.1. The fourth-order valence-electron chi connectivity index (χ4n) is 4.05. The fraction of sp³-hybridized carbons (Fsp3) is 0.241. The van der Waals surface area contributed by atoms with Crippen molar-refractivity contribution in [3.05, 3.63) is 106 Å². The molecule has 0 fully saturated rings. The molecule has 7 nitrogen and oxygen atoms in total. The summed E-state index contributed by atoms with van der Waals surface area (Å²) in [6, 6.07) is 23.3. The van der Waals surface area contributed by atoms with Crippen LogP contribution in [0.4, 0.5) is 0 Å². The average Bonchev–Trinajstić information content (AvgIpc) is 3.18. The minimum absolute atomic E-state index is 0.240. The number of aromatic nitrogens is 2. The first-order chi connectivity index (χ1) is 17.5. The third-order valence-electron chi connectivity index (χ3n) is 6.08. The van der Waals surface area contributed by atoms with Crippen molar-refractivity contribution in [3.8, 4) is 17.2 Å². The maximum Gasteiger partial charge on any atom is 0.251 e. The fourth-order valence-corrected chi connectivity index (χ4v) is 4.05. The topological polar surface area (TPSA) is 74.6 Å². The number of nitrogens with one attached hydrogen (secondary N) is 1. The lowest BCUT2D eigenvalue weighted by atomic mass is 10.1. The van der Waals surface area contributed by atoms with Crippen LogP contribution in [0, 0.1) is 13.8 Å². The van der Waals surface area contributed by atoms with Gasteiger partial charge in [0.05, 0.1) is 26.5 Å². The van der Waals surface area contributed by atoms with Crippen LogP contribution in [-0.2, 0) is 19.7 Å². The molecule has 1 aromatic heterocycles. The number of benzene rings is 3. The molecule has 0 bridgehead atoms. The molecule has 0 aliphatic carbocycles. The van der Waals surface area contributed by atoms with Crippen LogP contribution in [0.3, 0.4) is 0 Å². The molecule has 0 saturated heterocycles. The summed E-state index contributed by atoms with van der Waals surface area (Å²) in [5, 5.41) is 7.69. The number of nitrogens with zero attached hydrogens (tertiary/aromatic N) is 2. The van der Waals surface area contributed by atoms with Gasteiger partial charge in [-0.3, -0.25) is 9.48 Å². The van der Waals surface area contributed by atoms with Crippen LogP contribution in [-0.4, -0.2) is 29.9 Å². The average molecular weight is 486 g/mol. The number of hydrogen-bond donors (Lipinski definition) is 1. The lowest BCUT2D eigenvalue weighted by Crippen LogP contribution is -2.23. The first kappa shape index (κ1) is 24.9. The minimum atomic E-state index is -0.240. The van der Waals surface area contributed by atoms with Gasteiger partial charge in [0.2, 0.25) is 5.75 Å². The summed E-state index contributed by atoms with van der Waals surface area (Å²) in [5.74, 6) is 1.07. The van der Waals surface area contributed by atoms with Crippen molar-refractivity contribution < 1.29 is 19.0 Å². The van der Waals surface area contributed by atoms with E-state index in [0.717, 1.165) is 22.5 Å². The molecule has 0 saturated carbocycles. The Balaban J connectivity index is 1.48. The van der Waals surface area contributed by atoms with Crippen molar-refractivity contribution in [1.29, 1.82) is 0 Å². The van der Waals surface area contributed by atoms with Crippen LogP contribution in [0.25, 0.3) is 0 Å². The standard InChI is InChI=1S/C29H31N3O4/c1-20-25(21(2)32(31-20)18-22-11-7-5-8-12-22)17-30-29(33)24-15-26(34-3)28(27(16-24)35-4)36-19-23-13-9-6-10-14-23/h5-16H,17-19H2,1-4H3,(H,30,33). The van der Waals surface area contributed by atoms with Crippen molar-refractivity contribution in [2.45, 2.75) is 33.5 Å². The quantitative estimate of drug-likeness (QED) is 0.339. The van der Waals surface area contributed by atoms with Gasteiger partial charge >= 0.3 is 0 Å². The van der Waals surface area contributed by atoms with E-state index in [9.17, 15) is 4.79 Å². The van der Waals surface area contributed by atoms with Gasteiger partial charge in [0.15, 0.2) is 11.5 Å². The summed E-state index contributed by atoms with van der Waals surface area (Å²) in [6.45, 7) is 5.38. The van der Waals surface area contributed by atoms with Gasteiger partial charge in [0.25, 0.3) is 5.91 Å². The van der Waals surface area contributed by atoms with Gasteiger partial charge in [-0.2, -0.15) is 5.10 Å². The number of hydrogen-bond acceptors (Lipinski definition) is 5. The number of carbonyl (C=O) groups excluding carboxylic acids is 1. The molecule has 1 amide bonds. The Morgan fingerprint density at radius 1 is 0.889 bits per heavy atom. The second kappa shape index (κ2) is 11.4. The molecule has 0 aliphatic heterocycles. The monoisotopic (exact) mass is 485 g/mol. The molecule has 4 aromatic rings. The molecule has 7 heteroatoms. The highest BCUT2D eigenvalue weighted by atomic mass is 16.5. The zero-order chi connectivity index (χ0) is 25.5. The highest BCUT2D eigenvalue weighted by molar-refractivity contribution is 5.95. The van der Waals surface area contributed by atoms with Crippen molar-refractivity contribution in [1.82, 2.24) is 15.1 Å². The smallest absolute Gasteiger partial charge is 0.251 e. The molecule has 1 N–H and O–H groups in total. The molecule has 0 unspecified atom stereocenters. The summed E-state index contributed by atoms with van der Waals surface area (Å²) >= 11 is 0. The number of rotatable bonds is 10. The number of methoxy groups -OCH3 is 2. The minimum Gasteiger partial charge on any atom is -0.493 e. The van der Waals surface area contributed by atoms with Gasteiger partial charge in [0, 0.05) is 23.4 Å². The second-order valence-corrected chi connectivity index (χ2v) is 8.46. The van der Waals surface area contributed by atoms with Gasteiger partial charge in [-0.25, -0.2) is 0 Å². The van der Waals surface area contributed by atoms with Crippen LogP contribution in [0.5, 0.6) is 17.2 Å². The van der Waals surface area contributed by atoms with Crippen molar-refractivity contribution in [3.63, 3.8) is 0 Å². The van der Waals surface area contributed by atoms with Crippen LogP contribution < -0.4 is 19.5 Å². The molecule has 3 aromatic carbocycles. The molecule has 0 aliphatic rings. The Morgan fingerprint density at radius 2 is 1.47 bits per heavy atom. The van der Waals surface area contributed by atoms with E-state index in [1.54, 1.807) is 26.4 Å². The maximum absolute atomic E-state index is 13.1. The van der Waals surface area contributed by atoms with Crippen molar-refractivity contribution in [2.24, 2.45) is 0 Å². The molecular weight excluding hydrogens is 454 g/mol. The van der Waals surface area contributed by atoms with Crippen molar-refractivity contribution >= 4 is 5.91 Å². The van der Waals surface area contributed by atoms with Gasteiger partial charge in [-0.1, -0.05) is 60.7 Å². The molecule has 186 valence electrons. The van der Waals surface area contributed by atoms with Crippen LogP contribution in [0.15, 0.2) is 72.8 Å². The summed E-state index contributed by atoms with van der Waals surface area (Å²) < 4.78 is 19.0. The predicted octanol–water partition coefficient (Wildman–Crippen LogP) is 5.07. The Morgan fingerprint density at radius 3 is 2.06 bits per heavy atom. The van der Waals surface area contributed by atoms with Crippen LogP contribution >= 0.6 is 0 Å². The Labute approximate surface area is 211 Å². The predicted molar refractivity (Wildman–Crippen MR) is 139 cm³/mol. The molecule has 4 rings (SSSR count). The maximum atomic E-state index is 13.1. The van der Waals surface area contributed by atoms with E-state index in [4.69, 9.17) is 14.2 Å². The third-order valence-corrected chi connectivity index (χ3v) is 6.08. The summed E-state index contributed by atoms with van der Waals surface area (Å²) in [5.41, 5.74) is 5.53. The van der Waals surface area contributed by atoms with Gasteiger partial charge in [-0.15, -0.1) is 0 Å². The van der Waals surface area contributed by atoms with E-state index in [1.807, 2.05) is 67.1 Å². The number of aryl methyl sites for hydroxylation is 1. The molecule has 36 heavy (non-hydrogen) atoms. The highest BCUT2D eigenvalue weighted by Crippen LogP contribution is 2.39. The highest BCUT2D eigenvalue weighted by Gasteiger charge is 2.19. The lowest BCUT2D eigenvalue weighted by Gasteiger charge is -2.16. The van der Waals surface area contributed by atoms with E-state index < -0.39 is 0 Å². The van der Waals surface area contributed by atoms with Crippen molar-refractivity contribution in [2.75, 3.05) is 14.2 Å². The third kappa shape index (κ3) is 5.68. The summed E-state index contributed by atoms with van der Waals surface area (Å²) in [4.78, 5) is 13.1. The Bertz CT molecular complexity index is 1290. The van der Waals surface area contributed by atoms with E-state index in [-0.39, 0.29) is 5.91 Å². The van der Waals surface area contributed by atoms with E-state index in [2.05, 4.69) is 22.5 Å². The lowest BCUT2D eigenvalue weighted by molar-refractivity contribution is 0.0950. The Hall–Kier alpha value is -4.26. The number of carbonyl (C=O) groups is 1. The Kier molecular flexibility index (Phi) is 7.90. The normalized spacial score (nSPS) is 10.7. The molecule has 0 spiro atoms. The molecule has 0 atom stereocenters. The molecule has 1 heterocycles. The van der Waals surface area contributed by atoms with Crippen LogP contribution in [0.2, 0.25) is 0 Å². The van der Waals surface area contributed by atoms with Gasteiger partial charge in [0.1, 0.15) is 6.61 Å². The summed E-state index contributed by atoms with van der Waals surface area (Å²) in [6.07, 6.45) is 0. The van der Waals surface area contributed by atoms with E-state index >= 15 is 0 Å². The number of ether oxygens (including phenoxy) is 3. The molecule has 0 radical (unpaired) electrons. The van der Waals surface area contributed by atoms with E-state index in [0.29, 0.717) is 42.5 Å². The summed E-state index contributed by atoms with van der Waals surface area (Å²) in [7, 11) is 3.08. The number of amides is 1. The van der Waals surface area contributed by atoms with Gasteiger partial charge in [-0.05, 0) is 37.1 Å². The molecular formula is C29H31N3O4. The van der Waals surface area contributed by atoms with Crippen LogP contribution in [0.1, 0.15) is 38.4 Å². The second-order valence-electron chi connectivity index (χ2n) is 8.46. The van der Waals surface area contributed by atoms with Gasteiger partial charge < -0.3 is 19.5 Å². The largest absolute Gasteiger partial charge is 0.493 e. The zero-order valence-electron chi connectivity index (χ0n) is 21.1. The van der Waals surface area contributed by atoms with E-state index in [1.165, 1.54) is 5.56 Å². The first-order valence-corrected chi connectivity index (χ1v) is 11.8. The first-order valence-electron chi connectivity index (χ1n) is 11.8.